The summed E-state index contributed by atoms with van der Waals surface area (Å²) in [5.41, 5.74) is 1.48. The van der Waals surface area contributed by atoms with Crippen molar-refractivity contribution in [2.75, 3.05) is 23.3 Å². The third kappa shape index (κ3) is 2.78. The molecule has 1 aromatic carbocycles. The molecule has 0 aromatic heterocycles. The van der Waals surface area contributed by atoms with Crippen LogP contribution < -0.4 is 20.9 Å². The van der Waals surface area contributed by atoms with E-state index in [-0.39, 0.29) is 12.1 Å². The number of benzene rings is 1. The molecule has 1 aliphatic heterocycles. The molecule has 1 saturated carbocycles. The van der Waals surface area contributed by atoms with Crippen LogP contribution in [0.3, 0.4) is 0 Å². The average Bonchev–Trinajstić information content (AvgIpc) is 3.08. The zero-order chi connectivity index (χ0) is 13.2. The minimum absolute atomic E-state index is 0.0976. The summed E-state index contributed by atoms with van der Waals surface area (Å²) < 4.78 is 0. The number of nitrogens with zero attached hydrogens (tertiary/aromatic N) is 1. The van der Waals surface area contributed by atoms with E-state index in [0.29, 0.717) is 24.8 Å². The number of amides is 4. The second-order valence-electron chi connectivity index (χ2n) is 4.81. The Balaban J connectivity index is 1.68. The molecule has 1 aliphatic carbocycles. The van der Waals surface area contributed by atoms with Gasteiger partial charge in [0.2, 0.25) is 0 Å². The zero-order valence-corrected chi connectivity index (χ0v) is 10.5. The Morgan fingerprint density at radius 1 is 1.37 bits per heavy atom. The molecule has 1 saturated heterocycles. The summed E-state index contributed by atoms with van der Waals surface area (Å²) in [4.78, 5) is 24.9. The first kappa shape index (κ1) is 11.8. The monoisotopic (exact) mass is 260 g/mol. The Kier molecular flexibility index (Phi) is 2.98. The normalized spacial score (nSPS) is 18.1. The molecule has 0 radical (unpaired) electrons. The molecular weight excluding hydrogens is 244 g/mol. The van der Waals surface area contributed by atoms with Gasteiger partial charge in [0, 0.05) is 30.5 Å². The minimum atomic E-state index is -0.189. The smallest absolute Gasteiger partial charge is 0.321 e. The highest BCUT2D eigenvalue weighted by atomic mass is 16.2. The molecule has 2 fully saturated rings. The molecule has 0 spiro atoms. The maximum absolute atomic E-state index is 11.6. The number of carbonyl (C=O) groups excluding carboxylic acids is 2. The summed E-state index contributed by atoms with van der Waals surface area (Å²) in [7, 11) is 0. The lowest BCUT2D eigenvalue weighted by molar-refractivity contribution is 0.251. The predicted molar refractivity (Wildman–Crippen MR) is 72.4 cm³/mol. The van der Waals surface area contributed by atoms with Gasteiger partial charge in [-0.2, -0.15) is 0 Å². The van der Waals surface area contributed by atoms with Crippen LogP contribution in [0.2, 0.25) is 0 Å². The van der Waals surface area contributed by atoms with E-state index in [4.69, 9.17) is 0 Å². The van der Waals surface area contributed by atoms with Crippen molar-refractivity contribution in [3.63, 3.8) is 0 Å². The van der Waals surface area contributed by atoms with Crippen LogP contribution in [0.1, 0.15) is 12.8 Å². The third-order valence-electron chi connectivity index (χ3n) is 3.19. The summed E-state index contributed by atoms with van der Waals surface area (Å²) in [5.74, 6) is 0. The van der Waals surface area contributed by atoms with Crippen molar-refractivity contribution in [1.82, 2.24) is 10.6 Å². The molecule has 0 unspecified atom stereocenters. The Morgan fingerprint density at radius 3 is 2.89 bits per heavy atom. The summed E-state index contributed by atoms with van der Waals surface area (Å²) in [5, 5.41) is 8.39. The topological polar surface area (TPSA) is 73.5 Å². The first-order valence-corrected chi connectivity index (χ1v) is 6.45. The number of anilines is 2. The molecule has 2 aliphatic rings. The van der Waals surface area contributed by atoms with Gasteiger partial charge < -0.3 is 16.0 Å². The lowest BCUT2D eigenvalue weighted by atomic mass is 10.2. The van der Waals surface area contributed by atoms with Gasteiger partial charge in [-0.25, -0.2) is 9.59 Å². The van der Waals surface area contributed by atoms with Gasteiger partial charge in [-0.05, 0) is 31.0 Å². The second kappa shape index (κ2) is 4.79. The molecule has 19 heavy (non-hydrogen) atoms. The highest BCUT2D eigenvalue weighted by Crippen LogP contribution is 2.22. The van der Waals surface area contributed by atoms with E-state index in [2.05, 4.69) is 16.0 Å². The van der Waals surface area contributed by atoms with Crippen molar-refractivity contribution in [2.24, 2.45) is 0 Å². The van der Waals surface area contributed by atoms with Gasteiger partial charge in [-0.15, -0.1) is 0 Å². The maximum Gasteiger partial charge on any atom is 0.321 e. The van der Waals surface area contributed by atoms with Gasteiger partial charge in [-0.1, -0.05) is 6.07 Å². The van der Waals surface area contributed by atoms with Crippen molar-refractivity contribution < 1.29 is 9.59 Å². The first-order chi connectivity index (χ1) is 9.22. The van der Waals surface area contributed by atoms with Crippen LogP contribution in [0.15, 0.2) is 24.3 Å². The van der Waals surface area contributed by atoms with Crippen LogP contribution in [0, 0.1) is 0 Å². The van der Waals surface area contributed by atoms with Crippen LogP contribution in [0.25, 0.3) is 0 Å². The van der Waals surface area contributed by atoms with E-state index in [0.717, 1.165) is 18.5 Å². The SMILES string of the molecule is O=C(Nc1cccc(N2CCNC2=O)c1)NC1CC1. The van der Waals surface area contributed by atoms with Gasteiger partial charge in [0.15, 0.2) is 0 Å². The quantitative estimate of drug-likeness (QED) is 0.770. The molecule has 6 heteroatoms. The molecule has 4 amide bonds. The van der Waals surface area contributed by atoms with E-state index in [1.165, 1.54) is 0 Å². The minimum Gasteiger partial charge on any atom is -0.336 e. The molecule has 0 atom stereocenters. The number of rotatable bonds is 3. The van der Waals surface area contributed by atoms with Crippen molar-refractivity contribution in [1.29, 1.82) is 0 Å². The van der Waals surface area contributed by atoms with Crippen molar-refractivity contribution >= 4 is 23.4 Å². The maximum atomic E-state index is 11.6. The molecule has 3 N–H and O–H groups in total. The molecule has 0 bridgehead atoms. The molecule has 6 nitrogen and oxygen atoms in total. The highest BCUT2D eigenvalue weighted by molar-refractivity contribution is 5.95. The first-order valence-electron chi connectivity index (χ1n) is 6.45. The lowest BCUT2D eigenvalue weighted by Crippen LogP contribution is -2.30. The Hall–Kier alpha value is -2.24. The van der Waals surface area contributed by atoms with Gasteiger partial charge in [-0.3, -0.25) is 4.90 Å². The zero-order valence-electron chi connectivity index (χ0n) is 10.5. The summed E-state index contributed by atoms with van der Waals surface area (Å²) in [6, 6.07) is 7.34. The fourth-order valence-corrected chi connectivity index (χ4v) is 2.05. The summed E-state index contributed by atoms with van der Waals surface area (Å²) in [6.45, 7) is 1.30. The molecule has 1 aromatic rings. The summed E-state index contributed by atoms with van der Waals surface area (Å²) >= 11 is 0. The molecule has 1 heterocycles. The predicted octanol–water partition coefficient (Wildman–Crippen LogP) is 1.50. The fourth-order valence-electron chi connectivity index (χ4n) is 2.05. The van der Waals surface area contributed by atoms with E-state index < -0.39 is 0 Å². The van der Waals surface area contributed by atoms with Crippen LogP contribution in [-0.2, 0) is 0 Å². The van der Waals surface area contributed by atoms with Gasteiger partial charge >= 0.3 is 12.1 Å². The van der Waals surface area contributed by atoms with Crippen LogP contribution in [0.4, 0.5) is 21.0 Å². The number of urea groups is 2. The largest absolute Gasteiger partial charge is 0.336 e. The van der Waals surface area contributed by atoms with Crippen LogP contribution in [-0.4, -0.2) is 31.2 Å². The van der Waals surface area contributed by atoms with E-state index >= 15 is 0 Å². The second-order valence-corrected chi connectivity index (χ2v) is 4.81. The molecular formula is C13H16N4O2. The fraction of sp³-hybridized carbons (Fsp3) is 0.385. The van der Waals surface area contributed by atoms with Gasteiger partial charge in [0.1, 0.15) is 0 Å². The standard InChI is InChI=1S/C13H16N4O2/c18-12(15-9-4-5-9)16-10-2-1-3-11(8-10)17-7-6-14-13(17)19/h1-3,8-9H,4-7H2,(H,14,19)(H2,15,16,18). The number of hydrogen-bond donors (Lipinski definition) is 3. The highest BCUT2D eigenvalue weighted by Gasteiger charge is 2.24. The van der Waals surface area contributed by atoms with Gasteiger partial charge in [0.25, 0.3) is 0 Å². The lowest BCUT2D eigenvalue weighted by Gasteiger charge is -2.15. The number of nitrogens with one attached hydrogen (secondary N) is 3. The summed E-state index contributed by atoms with van der Waals surface area (Å²) in [6.07, 6.45) is 2.11. The Labute approximate surface area is 111 Å². The molecule has 100 valence electrons. The number of carbonyl (C=O) groups is 2. The van der Waals surface area contributed by atoms with Crippen molar-refractivity contribution in [2.45, 2.75) is 18.9 Å². The van der Waals surface area contributed by atoms with E-state index in [1.54, 1.807) is 11.0 Å². The van der Waals surface area contributed by atoms with Crippen LogP contribution in [0.5, 0.6) is 0 Å². The van der Waals surface area contributed by atoms with Crippen molar-refractivity contribution in [3.8, 4) is 0 Å². The molecule has 3 rings (SSSR count). The Bertz CT molecular complexity index is 513. The van der Waals surface area contributed by atoms with Crippen LogP contribution >= 0.6 is 0 Å². The number of hydrogen-bond acceptors (Lipinski definition) is 2. The van der Waals surface area contributed by atoms with Crippen molar-refractivity contribution in [3.05, 3.63) is 24.3 Å². The van der Waals surface area contributed by atoms with E-state index in [1.807, 2.05) is 18.2 Å². The average molecular weight is 260 g/mol. The van der Waals surface area contributed by atoms with E-state index in [9.17, 15) is 9.59 Å². The Morgan fingerprint density at radius 2 is 2.21 bits per heavy atom. The van der Waals surface area contributed by atoms with Gasteiger partial charge in [0.05, 0.1) is 0 Å². The third-order valence-corrected chi connectivity index (χ3v) is 3.19.